The number of carbonyl (C=O) groups is 1. The van der Waals surface area contributed by atoms with Gasteiger partial charge in [0.15, 0.2) is 5.82 Å². The van der Waals surface area contributed by atoms with E-state index in [1.165, 1.54) is 0 Å². The zero-order valence-corrected chi connectivity index (χ0v) is 14.5. The van der Waals surface area contributed by atoms with Crippen LogP contribution in [0.5, 0.6) is 0 Å². The van der Waals surface area contributed by atoms with E-state index in [4.69, 9.17) is 0 Å². The summed E-state index contributed by atoms with van der Waals surface area (Å²) in [6, 6.07) is 9.95. The van der Waals surface area contributed by atoms with E-state index >= 15 is 0 Å². The molecule has 1 atom stereocenters. The topological polar surface area (TPSA) is 74.2 Å². The standard InChI is InChI=1S/C18H24N6O/c1-23(14-18(25)20-12-15-6-2-3-9-19-15)13-16-7-5-11-24(16)17-8-4-10-21-22-17/h2-4,6,8-10,16H,5,7,11-14H2,1H3,(H,20,25)/t16-/m1/s1. The molecule has 7 heteroatoms. The predicted molar refractivity (Wildman–Crippen MR) is 96.0 cm³/mol. The Labute approximate surface area is 148 Å². The molecule has 0 saturated carbocycles. The van der Waals surface area contributed by atoms with Crippen molar-refractivity contribution in [2.75, 3.05) is 31.6 Å². The monoisotopic (exact) mass is 340 g/mol. The summed E-state index contributed by atoms with van der Waals surface area (Å²) in [5.41, 5.74) is 0.864. The van der Waals surface area contributed by atoms with Crippen molar-refractivity contribution in [2.24, 2.45) is 0 Å². The molecular weight excluding hydrogens is 316 g/mol. The third-order valence-electron chi connectivity index (χ3n) is 4.36. The lowest BCUT2D eigenvalue weighted by atomic mass is 10.2. The van der Waals surface area contributed by atoms with Crippen molar-refractivity contribution in [2.45, 2.75) is 25.4 Å². The Morgan fingerprint density at radius 1 is 1.32 bits per heavy atom. The van der Waals surface area contributed by atoms with Crippen LogP contribution in [0.15, 0.2) is 42.7 Å². The Hall–Kier alpha value is -2.54. The fourth-order valence-corrected chi connectivity index (χ4v) is 3.19. The summed E-state index contributed by atoms with van der Waals surface area (Å²) in [6.45, 7) is 2.65. The van der Waals surface area contributed by atoms with E-state index in [1.807, 2.05) is 37.4 Å². The molecule has 1 fully saturated rings. The molecule has 1 amide bonds. The first-order valence-electron chi connectivity index (χ1n) is 8.62. The fourth-order valence-electron chi connectivity index (χ4n) is 3.19. The predicted octanol–water partition coefficient (Wildman–Crippen LogP) is 1.09. The van der Waals surface area contributed by atoms with Gasteiger partial charge in [-0.3, -0.25) is 14.7 Å². The number of nitrogens with one attached hydrogen (secondary N) is 1. The number of rotatable bonds is 7. The van der Waals surface area contributed by atoms with Gasteiger partial charge in [0, 0.05) is 31.5 Å². The van der Waals surface area contributed by atoms with Crippen molar-refractivity contribution >= 4 is 11.7 Å². The Bertz CT molecular complexity index is 666. The molecule has 1 aliphatic rings. The van der Waals surface area contributed by atoms with E-state index in [1.54, 1.807) is 12.4 Å². The van der Waals surface area contributed by atoms with E-state index < -0.39 is 0 Å². The number of hydrogen-bond donors (Lipinski definition) is 1. The second-order valence-corrected chi connectivity index (χ2v) is 6.37. The first kappa shape index (κ1) is 17.3. The van der Waals surface area contributed by atoms with Gasteiger partial charge in [-0.05, 0) is 44.2 Å². The number of amides is 1. The van der Waals surface area contributed by atoms with Crippen molar-refractivity contribution in [1.29, 1.82) is 0 Å². The Balaban J connectivity index is 1.46. The number of nitrogens with zero attached hydrogens (tertiary/aromatic N) is 5. The van der Waals surface area contributed by atoms with Crippen molar-refractivity contribution < 1.29 is 4.79 Å². The number of aromatic nitrogens is 3. The van der Waals surface area contributed by atoms with E-state index in [-0.39, 0.29) is 5.91 Å². The Morgan fingerprint density at radius 3 is 3.00 bits per heavy atom. The first-order chi connectivity index (χ1) is 12.2. The van der Waals surface area contributed by atoms with Crippen LogP contribution in [0.25, 0.3) is 0 Å². The lowest BCUT2D eigenvalue weighted by molar-refractivity contribution is -0.122. The maximum absolute atomic E-state index is 12.1. The molecule has 25 heavy (non-hydrogen) atoms. The van der Waals surface area contributed by atoms with Crippen LogP contribution in [0.3, 0.4) is 0 Å². The highest BCUT2D eigenvalue weighted by Gasteiger charge is 2.27. The molecule has 1 aliphatic heterocycles. The van der Waals surface area contributed by atoms with Gasteiger partial charge >= 0.3 is 0 Å². The Morgan fingerprint density at radius 2 is 2.24 bits per heavy atom. The van der Waals surface area contributed by atoms with Crippen LogP contribution in [0.1, 0.15) is 18.5 Å². The molecule has 2 aromatic heterocycles. The van der Waals surface area contributed by atoms with Crippen LogP contribution in [0.4, 0.5) is 5.82 Å². The molecule has 2 aromatic rings. The maximum Gasteiger partial charge on any atom is 0.234 e. The molecule has 0 aromatic carbocycles. The third kappa shape index (κ3) is 4.96. The van der Waals surface area contributed by atoms with Gasteiger partial charge in [0.05, 0.1) is 18.8 Å². The summed E-state index contributed by atoms with van der Waals surface area (Å²) < 4.78 is 0. The molecule has 3 heterocycles. The van der Waals surface area contributed by atoms with Gasteiger partial charge in [-0.1, -0.05) is 6.07 Å². The SMILES string of the molecule is CN(CC(=O)NCc1ccccn1)C[C@H]1CCCN1c1cccnn1. The van der Waals surface area contributed by atoms with Crippen LogP contribution in [-0.4, -0.2) is 58.7 Å². The van der Waals surface area contributed by atoms with Gasteiger partial charge in [0.1, 0.15) is 0 Å². The van der Waals surface area contributed by atoms with Crippen molar-refractivity contribution in [3.8, 4) is 0 Å². The minimum absolute atomic E-state index is 0.0113. The molecule has 1 saturated heterocycles. The zero-order valence-electron chi connectivity index (χ0n) is 14.5. The van der Waals surface area contributed by atoms with Gasteiger partial charge in [-0.15, -0.1) is 5.10 Å². The molecule has 3 rings (SSSR count). The second kappa shape index (κ2) is 8.53. The highest BCUT2D eigenvalue weighted by Crippen LogP contribution is 2.23. The second-order valence-electron chi connectivity index (χ2n) is 6.37. The van der Waals surface area contributed by atoms with E-state index in [0.717, 1.165) is 37.4 Å². The number of anilines is 1. The normalized spacial score (nSPS) is 17.0. The maximum atomic E-state index is 12.1. The first-order valence-corrected chi connectivity index (χ1v) is 8.62. The number of carbonyl (C=O) groups excluding carboxylic acids is 1. The summed E-state index contributed by atoms with van der Waals surface area (Å²) in [4.78, 5) is 20.7. The molecule has 0 aliphatic carbocycles. The average Bonchev–Trinajstić information content (AvgIpc) is 3.09. The zero-order chi connectivity index (χ0) is 17.5. The highest BCUT2D eigenvalue weighted by molar-refractivity contribution is 5.77. The van der Waals surface area contributed by atoms with E-state index in [2.05, 4.69) is 30.3 Å². The molecular formula is C18H24N6O. The summed E-state index contributed by atoms with van der Waals surface area (Å²) in [5, 5.41) is 11.1. The summed E-state index contributed by atoms with van der Waals surface area (Å²) in [6.07, 6.45) is 5.67. The summed E-state index contributed by atoms with van der Waals surface area (Å²) in [7, 11) is 1.98. The number of hydrogen-bond acceptors (Lipinski definition) is 6. The van der Waals surface area contributed by atoms with E-state index in [9.17, 15) is 4.79 Å². The summed E-state index contributed by atoms with van der Waals surface area (Å²) >= 11 is 0. The van der Waals surface area contributed by atoms with Gasteiger partial charge in [-0.2, -0.15) is 5.10 Å². The van der Waals surface area contributed by atoms with Crippen LogP contribution >= 0.6 is 0 Å². The number of likely N-dealkylation sites (N-methyl/N-ethyl adjacent to an activating group) is 1. The average molecular weight is 340 g/mol. The third-order valence-corrected chi connectivity index (χ3v) is 4.36. The van der Waals surface area contributed by atoms with Gasteiger partial charge in [0.2, 0.25) is 5.91 Å². The minimum Gasteiger partial charge on any atom is -0.351 e. The van der Waals surface area contributed by atoms with Crippen LogP contribution < -0.4 is 10.2 Å². The van der Waals surface area contributed by atoms with Gasteiger partial charge in [0.25, 0.3) is 0 Å². The van der Waals surface area contributed by atoms with Gasteiger partial charge < -0.3 is 10.2 Å². The molecule has 0 radical (unpaired) electrons. The fraction of sp³-hybridized carbons (Fsp3) is 0.444. The lowest BCUT2D eigenvalue weighted by Crippen LogP contribution is -2.43. The van der Waals surface area contributed by atoms with Crippen LogP contribution in [-0.2, 0) is 11.3 Å². The molecule has 132 valence electrons. The van der Waals surface area contributed by atoms with Crippen molar-refractivity contribution in [3.63, 3.8) is 0 Å². The van der Waals surface area contributed by atoms with Crippen molar-refractivity contribution in [3.05, 3.63) is 48.4 Å². The van der Waals surface area contributed by atoms with Crippen molar-refractivity contribution in [1.82, 2.24) is 25.4 Å². The van der Waals surface area contributed by atoms with Gasteiger partial charge in [-0.25, -0.2) is 0 Å². The molecule has 1 N–H and O–H groups in total. The van der Waals surface area contributed by atoms with Crippen LogP contribution in [0, 0.1) is 0 Å². The summed E-state index contributed by atoms with van der Waals surface area (Å²) in [5.74, 6) is 0.926. The number of pyridine rings is 1. The quantitative estimate of drug-likeness (QED) is 0.813. The smallest absolute Gasteiger partial charge is 0.234 e. The van der Waals surface area contributed by atoms with Crippen LogP contribution in [0.2, 0.25) is 0 Å². The largest absolute Gasteiger partial charge is 0.351 e. The molecule has 0 unspecified atom stereocenters. The Kier molecular flexibility index (Phi) is 5.90. The molecule has 0 spiro atoms. The molecule has 7 nitrogen and oxygen atoms in total. The minimum atomic E-state index is 0.0113. The molecule has 0 bridgehead atoms. The van der Waals surface area contributed by atoms with E-state index in [0.29, 0.717) is 19.1 Å². The highest BCUT2D eigenvalue weighted by atomic mass is 16.2. The lowest BCUT2D eigenvalue weighted by Gasteiger charge is -2.28.